The molecule has 0 atom stereocenters. The molecule has 10 heteroatoms. The van der Waals surface area contributed by atoms with Crippen molar-refractivity contribution < 1.29 is 9.53 Å². The number of nitrogens with one attached hydrogen (secondary N) is 3. The first-order valence-corrected chi connectivity index (χ1v) is 8.18. The average Bonchev–Trinajstić information content (AvgIpc) is 2.45. The number of benzene rings is 1. The van der Waals surface area contributed by atoms with Crippen LogP contribution in [0.25, 0.3) is 0 Å². The summed E-state index contributed by atoms with van der Waals surface area (Å²) in [6.45, 7) is 1.67. The lowest BCUT2D eigenvalue weighted by atomic mass is 10.2. The summed E-state index contributed by atoms with van der Waals surface area (Å²) >= 11 is 6.72. The van der Waals surface area contributed by atoms with E-state index in [1.807, 2.05) is 24.0 Å². The first-order valence-electron chi connectivity index (χ1n) is 6.59. The van der Waals surface area contributed by atoms with E-state index in [2.05, 4.69) is 47.4 Å². The van der Waals surface area contributed by atoms with Gasteiger partial charge in [0, 0.05) is 6.07 Å². The minimum Gasteiger partial charge on any atom is -0.481 e. The van der Waals surface area contributed by atoms with Crippen LogP contribution in [0, 0.1) is 6.92 Å². The molecule has 3 N–H and O–H groups in total. The van der Waals surface area contributed by atoms with Gasteiger partial charge in [-0.2, -0.15) is 5.10 Å². The predicted molar refractivity (Wildman–Crippen MR) is 95.5 cm³/mol. The zero-order valence-corrected chi connectivity index (χ0v) is 15.5. The molecule has 2 aromatic rings. The van der Waals surface area contributed by atoms with E-state index in [0.29, 0.717) is 14.7 Å². The zero-order valence-electron chi connectivity index (χ0n) is 12.4. The summed E-state index contributed by atoms with van der Waals surface area (Å²) in [6, 6.07) is 4.85. The summed E-state index contributed by atoms with van der Waals surface area (Å²) in [5, 5.41) is 3.64. The number of ether oxygens (including phenoxy) is 1. The molecule has 1 aromatic heterocycles. The predicted octanol–water partition coefficient (Wildman–Crippen LogP) is 1.43. The highest BCUT2D eigenvalue weighted by atomic mass is 79.9. The number of nitrogens with zero attached hydrogens (tertiary/aromatic N) is 1. The maximum absolute atomic E-state index is 11.7. The van der Waals surface area contributed by atoms with Gasteiger partial charge >= 0.3 is 5.69 Å². The normalized spacial score (nSPS) is 10.8. The SMILES string of the molecule is Cc1cc(Br)c(OCC(=O)N/N=C\c2cc(=O)[nH]c(=O)[nH]2)c(Br)c1. The van der Waals surface area contributed by atoms with Gasteiger partial charge in [-0.3, -0.25) is 14.6 Å². The number of carbonyl (C=O) groups excluding carboxylic acids is 1. The van der Waals surface area contributed by atoms with Gasteiger partial charge in [-0.1, -0.05) is 0 Å². The van der Waals surface area contributed by atoms with Crippen molar-refractivity contribution in [3.8, 4) is 5.75 Å². The number of aryl methyl sites for hydroxylation is 1. The maximum atomic E-state index is 11.7. The van der Waals surface area contributed by atoms with Gasteiger partial charge < -0.3 is 9.72 Å². The number of carbonyl (C=O) groups is 1. The highest BCUT2D eigenvalue weighted by molar-refractivity contribution is 9.11. The Morgan fingerprint density at radius 1 is 1.25 bits per heavy atom. The van der Waals surface area contributed by atoms with E-state index in [1.54, 1.807) is 0 Å². The Hall–Kier alpha value is -2.20. The maximum Gasteiger partial charge on any atom is 0.326 e. The van der Waals surface area contributed by atoms with Crippen LogP contribution in [0.5, 0.6) is 5.75 Å². The lowest BCUT2D eigenvalue weighted by Gasteiger charge is -2.10. The molecular formula is C14H12Br2N4O4. The quantitative estimate of drug-likeness (QED) is 0.463. The van der Waals surface area contributed by atoms with Crippen molar-refractivity contribution in [2.24, 2.45) is 5.10 Å². The molecule has 0 aliphatic carbocycles. The fraction of sp³-hybridized carbons (Fsp3) is 0.143. The van der Waals surface area contributed by atoms with Crippen LogP contribution in [0.1, 0.15) is 11.3 Å². The Kier molecular flexibility index (Phi) is 6.10. The largest absolute Gasteiger partial charge is 0.481 e. The van der Waals surface area contributed by atoms with E-state index >= 15 is 0 Å². The third kappa shape index (κ3) is 5.17. The zero-order chi connectivity index (χ0) is 17.7. The summed E-state index contributed by atoms with van der Waals surface area (Å²) in [6.07, 6.45) is 1.15. The van der Waals surface area contributed by atoms with Gasteiger partial charge in [0.05, 0.1) is 20.9 Å². The van der Waals surface area contributed by atoms with Crippen molar-refractivity contribution in [1.82, 2.24) is 15.4 Å². The van der Waals surface area contributed by atoms with Crippen LogP contribution >= 0.6 is 31.9 Å². The summed E-state index contributed by atoms with van der Waals surface area (Å²) in [7, 11) is 0. The van der Waals surface area contributed by atoms with Gasteiger partial charge in [-0.05, 0) is 56.5 Å². The molecule has 0 aliphatic rings. The number of hydrogen-bond donors (Lipinski definition) is 3. The molecular weight excluding hydrogens is 448 g/mol. The summed E-state index contributed by atoms with van der Waals surface area (Å²) in [5.41, 5.74) is 2.20. The Labute approximate surface area is 152 Å². The lowest BCUT2D eigenvalue weighted by molar-refractivity contribution is -0.123. The van der Waals surface area contributed by atoms with E-state index < -0.39 is 17.2 Å². The lowest BCUT2D eigenvalue weighted by Crippen LogP contribution is -2.26. The minimum absolute atomic E-state index is 0.161. The number of amides is 1. The third-order valence-corrected chi connectivity index (χ3v) is 3.84. The van der Waals surface area contributed by atoms with Crippen molar-refractivity contribution in [3.05, 3.63) is 59.2 Å². The van der Waals surface area contributed by atoms with Gasteiger partial charge in [0.1, 0.15) is 5.75 Å². The first-order chi connectivity index (χ1) is 11.3. The molecule has 0 radical (unpaired) electrons. The molecule has 0 saturated carbocycles. The molecule has 0 saturated heterocycles. The minimum atomic E-state index is -0.660. The van der Waals surface area contributed by atoms with Crippen molar-refractivity contribution in [3.63, 3.8) is 0 Å². The van der Waals surface area contributed by atoms with E-state index in [-0.39, 0.29) is 12.3 Å². The van der Waals surface area contributed by atoms with E-state index in [1.165, 1.54) is 0 Å². The first kappa shape index (κ1) is 18.1. The molecule has 2 rings (SSSR count). The number of rotatable bonds is 5. The van der Waals surface area contributed by atoms with Gasteiger partial charge in [-0.25, -0.2) is 10.2 Å². The number of aromatic amines is 2. The van der Waals surface area contributed by atoms with Gasteiger partial charge in [0.25, 0.3) is 11.5 Å². The van der Waals surface area contributed by atoms with E-state index in [0.717, 1.165) is 17.8 Å². The smallest absolute Gasteiger partial charge is 0.326 e. The Balaban J connectivity index is 1.93. The number of aromatic nitrogens is 2. The number of hydrazone groups is 1. The van der Waals surface area contributed by atoms with Crippen LogP contribution in [-0.2, 0) is 4.79 Å². The average molecular weight is 460 g/mol. The van der Waals surface area contributed by atoms with Crippen molar-refractivity contribution in [2.75, 3.05) is 6.61 Å². The molecule has 0 fully saturated rings. The Bertz CT molecular complexity index is 853. The van der Waals surface area contributed by atoms with Gasteiger partial charge in [-0.15, -0.1) is 0 Å². The summed E-state index contributed by atoms with van der Waals surface area (Å²) in [5.74, 6) is -0.00327. The number of halogens is 2. The molecule has 24 heavy (non-hydrogen) atoms. The fourth-order valence-corrected chi connectivity index (χ4v) is 3.37. The van der Waals surface area contributed by atoms with Crippen LogP contribution in [-0.4, -0.2) is 28.7 Å². The van der Waals surface area contributed by atoms with Crippen LogP contribution in [0.3, 0.4) is 0 Å². The third-order valence-electron chi connectivity index (χ3n) is 2.66. The second-order valence-electron chi connectivity index (χ2n) is 4.68. The van der Waals surface area contributed by atoms with Crippen LogP contribution < -0.4 is 21.4 Å². The topological polar surface area (TPSA) is 116 Å². The fourth-order valence-electron chi connectivity index (χ4n) is 1.73. The molecule has 0 unspecified atom stereocenters. The molecule has 0 bridgehead atoms. The molecule has 1 amide bonds. The monoisotopic (exact) mass is 458 g/mol. The van der Waals surface area contributed by atoms with Crippen molar-refractivity contribution in [1.29, 1.82) is 0 Å². The highest BCUT2D eigenvalue weighted by Crippen LogP contribution is 2.34. The molecule has 1 aromatic carbocycles. The van der Waals surface area contributed by atoms with Crippen LogP contribution in [0.15, 0.2) is 41.8 Å². The summed E-state index contributed by atoms with van der Waals surface area (Å²) < 4.78 is 6.86. The van der Waals surface area contributed by atoms with E-state index in [9.17, 15) is 14.4 Å². The molecule has 0 spiro atoms. The summed E-state index contributed by atoms with van der Waals surface area (Å²) in [4.78, 5) is 38.2. The molecule has 1 heterocycles. The Morgan fingerprint density at radius 3 is 2.54 bits per heavy atom. The van der Waals surface area contributed by atoms with Crippen molar-refractivity contribution >= 4 is 44.0 Å². The van der Waals surface area contributed by atoms with Crippen LogP contribution in [0.2, 0.25) is 0 Å². The van der Waals surface area contributed by atoms with Crippen LogP contribution in [0.4, 0.5) is 0 Å². The second-order valence-corrected chi connectivity index (χ2v) is 6.39. The van der Waals surface area contributed by atoms with Gasteiger partial charge in [0.15, 0.2) is 6.61 Å². The number of H-pyrrole nitrogens is 2. The standard InChI is InChI=1S/C14H12Br2N4O4/c1-7-2-9(15)13(10(16)3-7)24-6-12(22)20-17-5-8-4-11(21)19-14(23)18-8/h2-5H,6H2,1H3,(H,20,22)(H2,18,19,21,23)/b17-5-. The van der Waals surface area contributed by atoms with Crippen molar-refractivity contribution in [2.45, 2.75) is 6.92 Å². The molecule has 126 valence electrons. The molecule has 0 aliphatic heterocycles. The van der Waals surface area contributed by atoms with Gasteiger partial charge in [0.2, 0.25) is 0 Å². The molecule has 8 nitrogen and oxygen atoms in total. The number of hydrogen-bond acceptors (Lipinski definition) is 5. The van der Waals surface area contributed by atoms with E-state index in [4.69, 9.17) is 4.74 Å². The Morgan fingerprint density at radius 2 is 1.92 bits per heavy atom. The highest BCUT2D eigenvalue weighted by Gasteiger charge is 2.09. The second kappa shape index (κ2) is 8.06.